The van der Waals surface area contributed by atoms with Crippen molar-refractivity contribution in [1.29, 1.82) is 5.26 Å². The number of benzene rings is 1. The molecule has 0 unspecified atom stereocenters. The standard InChI is InChI=1S/C25H35N5O2/c1-16(2)27-25(32)30-11-9-19(10-12-30)18-5-3-17(4-6-18)13-22(15-26)29-24(31)23-20-7-8-21(14-20)28-23/h3-6,16,19-23,28H,7-14H2,1-2H3,(H,27,32)(H,29,31)/t20-,21-,22-,23-/m0/s1. The number of likely N-dealkylation sites (tertiary alicyclic amines) is 1. The average Bonchev–Trinajstić information content (AvgIpc) is 3.43. The molecular weight excluding hydrogens is 402 g/mol. The number of carbonyl (C=O) groups excluding carboxylic acids is 2. The van der Waals surface area contributed by atoms with E-state index in [9.17, 15) is 14.9 Å². The maximum atomic E-state index is 12.6. The van der Waals surface area contributed by atoms with Gasteiger partial charge in [0.15, 0.2) is 0 Å². The van der Waals surface area contributed by atoms with Crippen molar-refractivity contribution in [2.75, 3.05) is 13.1 Å². The highest BCUT2D eigenvalue weighted by Crippen LogP contribution is 2.35. The summed E-state index contributed by atoms with van der Waals surface area (Å²) in [5.74, 6) is 0.831. The van der Waals surface area contributed by atoms with E-state index in [0.29, 0.717) is 24.3 Å². The highest BCUT2D eigenvalue weighted by molar-refractivity contribution is 5.83. The van der Waals surface area contributed by atoms with E-state index in [1.807, 2.05) is 18.7 Å². The number of piperidine rings is 2. The Bertz CT molecular complexity index is 854. The lowest BCUT2D eigenvalue weighted by Gasteiger charge is -2.32. The first-order valence-electron chi connectivity index (χ1n) is 12.0. The molecule has 1 aromatic carbocycles. The molecule has 0 radical (unpaired) electrons. The first-order chi connectivity index (χ1) is 15.4. The van der Waals surface area contributed by atoms with Gasteiger partial charge in [-0.1, -0.05) is 24.3 Å². The van der Waals surface area contributed by atoms with Gasteiger partial charge in [-0.3, -0.25) is 4.79 Å². The molecule has 2 saturated heterocycles. The fourth-order valence-electron chi connectivity index (χ4n) is 5.46. The molecule has 3 aliphatic rings. The van der Waals surface area contributed by atoms with Crippen LogP contribution in [0.5, 0.6) is 0 Å². The summed E-state index contributed by atoms with van der Waals surface area (Å²) in [7, 11) is 0. The lowest BCUT2D eigenvalue weighted by atomic mass is 9.88. The molecule has 4 rings (SSSR count). The van der Waals surface area contributed by atoms with Crippen molar-refractivity contribution in [1.82, 2.24) is 20.9 Å². The van der Waals surface area contributed by atoms with Crippen molar-refractivity contribution in [2.24, 2.45) is 5.92 Å². The van der Waals surface area contributed by atoms with Crippen LogP contribution in [-0.2, 0) is 11.2 Å². The van der Waals surface area contributed by atoms with Crippen LogP contribution in [0, 0.1) is 17.2 Å². The van der Waals surface area contributed by atoms with Crippen LogP contribution in [0.4, 0.5) is 4.79 Å². The zero-order chi connectivity index (χ0) is 22.7. The van der Waals surface area contributed by atoms with Gasteiger partial charge in [0, 0.05) is 31.6 Å². The fraction of sp³-hybridized carbons (Fsp3) is 0.640. The lowest BCUT2D eigenvalue weighted by molar-refractivity contribution is -0.124. The fourth-order valence-corrected chi connectivity index (χ4v) is 5.46. The first kappa shape index (κ1) is 22.6. The minimum Gasteiger partial charge on any atom is -0.339 e. The van der Waals surface area contributed by atoms with Crippen molar-refractivity contribution in [3.8, 4) is 6.07 Å². The number of rotatable bonds is 6. The van der Waals surface area contributed by atoms with Crippen LogP contribution in [0.3, 0.4) is 0 Å². The van der Waals surface area contributed by atoms with Crippen molar-refractivity contribution in [3.05, 3.63) is 35.4 Å². The zero-order valence-corrected chi connectivity index (χ0v) is 19.1. The third kappa shape index (κ3) is 5.24. The quantitative estimate of drug-likeness (QED) is 0.637. The minimum atomic E-state index is -0.517. The van der Waals surface area contributed by atoms with E-state index in [4.69, 9.17) is 0 Å². The normalized spacial score (nSPS) is 26.1. The van der Waals surface area contributed by atoms with E-state index in [0.717, 1.165) is 50.8 Å². The summed E-state index contributed by atoms with van der Waals surface area (Å²) in [6.07, 6.45) is 5.77. The van der Waals surface area contributed by atoms with Gasteiger partial charge in [0.1, 0.15) is 6.04 Å². The van der Waals surface area contributed by atoms with E-state index in [2.05, 4.69) is 46.3 Å². The SMILES string of the molecule is CC(C)NC(=O)N1CCC(c2ccc(C[C@@H](C#N)NC(=O)[C@H]3N[C@H]4CC[C@H]3C4)cc2)CC1. The van der Waals surface area contributed by atoms with Gasteiger partial charge >= 0.3 is 6.03 Å². The van der Waals surface area contributed by atoms with Crippen LogP contribution in [0.15, 0.2) is 24.3 Å². The number of fused-ring (bicyclic) bond motifs is 2. The molecule has 3 amide bonds. The average molecular weight is 438 g/mol. The van der Waals surface area contributed by atoms with Gasteiger partial charge in [-0.05, 0) is 68.9 Å². The lowest BCUT2D eigenvalue weighted by Crippen LogP contribution is -2.50. The zero-order valence-electron chi connectivity index (χ0n) is 19.1. The van der Waals surface area contributed by atoms with Crippen LogP contribution in [0.25, 0.3) is 0 Å². The predicted octanol–water partition coefficient (Wildman–Crippen LogP) is 2.68. The van der Waals surface area contributed by atoms with Crippen molar-refractivity contribution in [3.63, 3.8) is 0 Å². The van der Waals surface area contributed by atoms with Crippen LogP contribution in [0.2, 0.25) is 0 Å². The van der Waals surface area contributed by atoms with Crippen molar-refractivity contribution >= 4 is 11.9 Å². The van der Waals surface area contributed by atoms with Gasteiger partial charge in [0.05, 0.1) is 12.1 Å². The summed E-state index contributed by atoms with van der Waals surface area (Å²) in [6.45, 7) is 5.49. The molecule has 3 N–H and O–H groups in total. The highest BCUT2D eigenvalue weighted by Gasteiger charge is 2.43. The second-order valence-electron chi connectivity index (χ2n) is 9.92. The van der Waals surface area contributed by atoms with Gasteiger partial charge in [-0.15, -0.1) is 0 Å². The molecule has 2 heterocycles. The van der Waals surface area contributed by atoms with Gasteiger partial charge < -0.3 is 20.9 Å². The van der Waals surface area contributed by atoms with E-state index >= 15 is 0 Å². The number of hydrogen-bond acceptors (Lipinski definition) is 4. The molecule has 0 spiro atoms. The number of carbonyl (C=O) groups is 2. The monoisotopic (exact) mass is 437 g/mol. The Morgan fingerprint density at radius 3 is 2.41 bits per heavy atom. The third-order valence-corrected chi connectivity index (χ3v) is 7.20. The van der Waals surface area contributed by atoms with Gasteiger partial charge in [0.25, 0.3) is 0 Å². The van der Waals surface area contributed by atoms with Crippen LogP contribution >= 0.6 is 0 Å². The van der Waals surface area contributed by atoms with Gasteiger partial charge in [0.2, 0.25) is 5.91 Å². The van der Waals surface area contributed by atoms with Gasteiger partial charge in [-0.2, -0.15) is 5.26 Å². The number of hydrogen-bond donors (Lipinski definition) is 3. The summed E-state index contributed by atoms with van der Waals surface area (Å²) in [4.78, 5) is 26.7. The number of nitrogens with zero attached hydrogens (tertiary/aromatic N) is 2. The van der Waals surface area contributed by atoms with E-state index in [1.165, 1.54) is 5.56 Å². The Hall–Kier alpha value is -2.59. The number of urea groups is 1. The molecule has 0 aromatic heterocycles. The Kier molecular flexibility index (Phi) is 7.00. The molecule has 4 atom stereocenters. The maximum absolute atomic E-state index is 12.6. The second kappa shape index (κ2) is 9.91. The van der Waals surface area contributed by atoms with E-state index in [-0.39, 0.29) is 24.0 Å². The molecule has 1 aliphatic carbocycles. The summed E-state index contributed by atoms with van der Waals surface area (Å²) >= 11 is 0. The number of amides is 3. The molecule has 172 valence electrons. The summed E-state index contributed by atoms with van der Waals surface area (Å²) in [5, 5.41) is 18.9. The summed E-state index contributed by atoms with van der Waals surface area (Å²) in [6, 6.07) is 10.7. The molecule has 7 heteroatoms. The van der Waals surface area contributed by atoms with E-state index < -0.39 is 6.04 Å². The molecule has 32 heavy (non-hydrogen) atoms. The predicted molar refractivity (Wildman–Crippen MR) is 123 cm³/mol. The minimum absolute atomic E-state index is 0.0269. The van der Waals surface area contributed by atoms with Crippen LogP contribution in [-0.4, -0.2) is 54.1 Å². The molecule has 7 nitrogen and oxygen atoms in total. The van der Waals surface area contributed by atoms with E-state index in [1.54, 1.807) is 0 Å². The maximum Gasteiger partial charge on any atom is 0.317 e. The topological polar surface area (TPSA) is 97.3 Å². The number of nitrogens with one attached hydrogen (secondary N) is 3. The molecule has 2 aliphatic heterocycles. The van der Waals surface area contributed by atoms with Crippen molar-refractivity contribution in [2.45, 2.75) is 82.5 Å². The van der Waals surface area contributed by atoms with Crippen molar-refractivity contribution < 1.29 is 9.59 Å². The summed E-state index contributed by atoms with van der Waals surface area (Å²) < 4.78 is 0. The summed E-state index contributed by atoms with van der Waals surface area (Å²) in [5.41, 5.74) is 2.33. The van der Waals surface area contributed by atoms with Crippen LogP contribution in [0.1, 0.15) is 63.0 Å². The Balaban J connectivity index is 1.26. The molecular formula is C25H35N5O2. The van der Waals surface area contributed by atoms with Gasteiger partial charge in [-0.25, -0.2) is 4.79 Å². The number of nitriles is 1. The second-order valence-corrected chi connectivity index (χ2v) is 9.92. The molecule has 3 fully saturated rings. The van der Waals surface area contributed by atoms with Crippen LogP contribution < -0.4 is 16.0 Å². The largest absolute Gasteiger partial charge is 0.339 e. The molecule has 2 bridgehead atoms. The smallest absolute Gasteiger partial charge is 0.317 e. The molecule has 1 saturated carbocycles. The first-order valence-corrected chi connectivity index (χ1v) is 12.0. The third-order valence-electron chi connectivity index (χ3n) is 7.20. The highest BCUT2D eigenvalue weighted by atomic mass is 16.2. The molecule has 1 aromatic rings. The Morgan fingerprint density at radius 1 is 1.12 bits per heavy atom. The Labute approximate surface area is 190 Å². The Morgan fingerprint density at radius 2 is 1.84 bits per heavy atom.